The summed E-state index contributed by atoms with van der Waals surface area (Å²) in [6.45, 7) is 5.57. The van der Waals surface area contributed by atoms with Crippen molar-refractivity contribution in [2.45, 2.75) is 12.6 Å². The maximum absolute atomic E-state index is 10.6. The average Bonchev–Trinajstić information content (AvgIpc) is 2.12. The Morgan fingerprint density at radius 2 is 1.93 bits per heavy atom. The molecule has 7 heteroatoms. The predicted molar refractivity (Wildman–Crippen MR) is 48.4 cm³/mol. The van der Waals surface area contributed by atoms with Crippen molar-refractivity contribution < 1.29 is 27.8 Å². The molecule has 0 rings (SSSR count). The van der Waals surface area contributed by atoms with Gasteiger partial charge in [-0.1, -0.05) is 6.08 Å². The van der Waals surface area contributed by atoms with Gasteiger partial charge in [-0.05, 0) is 6.42 Å². The van der Waals surface area contributed by atoms with Gasteiger partial charge in [0.2, 0.25) is 0 Å². The van der Waals surface area contributed by atoms with E-state index < -0.39 is 12.1 Å². The van der Waals surface area contributed by atoms with Crippen molar-refractivity contribution in [3.63, 3.8) is 0 Å². The second-order valence-electron chi connectivity index (χ2n) is 2.28. The van der Waals surface area contributed by atoms with Crippen LogP contribution in [0.3, 0.4) is 0 Å². The van der Waals surface area contributed by atoms with Gasteiger partial charge in [0.25, 0.3) is 0 Å². The third-order valence-corrected chi connectivity index (χ3v) is 0.971. The van der Waals surface area contributed by atoms with Gasteiger partial charge in [-0.25, -0.2) is 4.79 Å². The quantitative estimate of drug-likeness (QED) is 0.548. The van der Waals surface area contributed by atoms with E-state index in [2.05, 4.69) is 6.58 Å². The Hall–Kier alpha value is -1.08. The molecule has 15 heavy (non-hydrogen) atoms. The van der Waals surface area contributed by atoms with Crippen LogP contribution >= 0.6 is 0 Å². The Balaban J connectivity index is 0. The number of halogens is 3. The number of hydrogen-bond donors (Lipinski definition) is 2. The van der Waals surface area contributed by atoms with Crippen molar-refractivity contribution in [3.8, 4) is 0 Å². The molecule has 0 heterocycles. The Kier molecular flexibility index (Phi) is 10.3. The van der Waals surface area contributed by atoms with Gasteiger partial charge in [-0.3, -0.25) is 0 Å². The molecule has 0 aromatic rings. The lowest BCUT2D eigenvalue weighted by Gasteiger charge is -1.96. The van der Waals surface area contributed by atoms with Crippen LogP contribution in [-0.2, 0) is 9.53 Å². The Bertz CT molecular complexity index is 182. The minimum atomic E-state index is -5.08. The number of aliphatic carboxylic acids is 1. The lowest BCUT2D eigenvalue weighted by Crippen LogP contribution is -2.21. The lowest BCUT2D eigenvalue weighted by atomic mass is 10.5. The number of rotatable bonds is 5. The van der Waals surface area contributed by atoms with Crippen molar-refractivity contribution in [2.24, 2.45) is 5.73 Å². The van der Waals surface area contributed by atoms with Crippen LogP contribution in [0.2, 0.25) is 0 Å². The minimum Gasteiger partial charge on any atom is -0.475 e. The monoisotopic (exact) mass is 229 g/mol. The molecule has 4 nitrogen and oxygen atoms in total. The van der Waals surface area contributed by atoms with Gasteiger partial charge >= 0.3 is 12.1 Å². The van der Waals surface area contributed by atoms with E-state index in [4.69, 9.17) is 20.4 Å². The van der Waals surface area contributed by atoms with Crippen molar-refractivity contribution in [3.05, 3.63) is 12.7 Å². The molecule has 0 saturated carbocycles. The molecule has 0 saturated heterocycles. The zero-order chi connectivity index (χ0) is 12.3. The van der Waals surface area contributed by atoms with Gasteiger partial charge in [0.15, 0.2) is 0 Å². The maximum atomic E-state index is 10.6. The lowest BCUT2D eigenvalue weighted by molar-refractivity contribution is -0.192. The molecule has 0 aliphatic rings. The van der Waals surface area contributed by atoms with Gasteiger partial charge in [0, 0.05) is 6.54 Å². The number of ether oxygens (including phenoxy) is 1. The van der Waals surface area contributed by atoms with E-state index in [1.54, 1.807) is 0 Å². The van der Waals surface area contributed by atoms with Crippen LogP contribution in [0.4, 0.5) is 13.2 Å². The van der Waals surface area contributed by atoms with Crippen molar-refractivity contribution >= 4 is 5.97 Å². The summed E-state index contributed by atoms with van der Waals surface area (Å²) >= 11 is 0. The van der Waals surface area contributed by atoms with E-state index in [0.717, 1.165) is 13.0 Å². The summed E-state index contributed by atoms with van der Waals surface area (Å²) in [5.74, 6) is -2.76. The van der Waals surface area contributed by atoms with Crippen LogP contribution < -0.4 is 5.73 Å². The highest BCUT2D eigenvalue weighted by atomic mass is 19.4. The van der Waals surface area contributed by atoms with E-state index in [9.17, 15) is 13.2 Å². The fourth-order valence-corrected chi connectivity index (χ4v) is 0.352. The van der Waals surface area contributed by atoms with E-state index in [1.807, 2.05) is 6.08 Å². The molecule has 0 aliphatic carbocycles. The third-order valence-electron chi connectivity index (χ3n) is 0.971. The molecule has 0 atom stereocenters. The Morgan fingerprint density at radius 3 is 2.20 bits per heavy atom. The number of nitrogens with two attached hydrogens (primary N) is 1. The molecule has 0 radical (unpaired) electrons. The summed E-state index contributed by atoms with van der Waals surface area (Å²) in [5, 5.41) is 7.12. The summed E-state index contributed by atoms with van der Waals surface area (Å²) in [6, 6.07) is 0. The van der Waals surface area contributed by atoms with E-state index >= 15 is 0 Å². The topological polar surface area (TPSA) is 72.5 Å². The number of hydrogen-bond acceptors (Lipinski definition) is 3. The van der Waals surface area contributed by atoms with Gasteiger partial charge in [-0.2, -0.15) is 13.2 Å². The molecule has 90 valence electrons. The highest BCUT2D eigenvalue weighted by Crippen LogP contribution is 2.13. The average molecular weight is 229 g/mol. The summed E-state index contributed by atoms with van der Waals surface area (Å²) in [7, 11) is 0. The molecular weight excluding hydrogens is 215 g/mol. The van der Waals surface area contributed by atoms with Crippen LogP contribution in [0.25, 0.3) is 0 Å². The molecule has 0 spiro atoms. The van der Waals surface area contributed by atoms with E-state index in [0.29, 0.717) is 13.2 Å². The summed E-state index contributed by atoms with van der Waals surface area (Å²) in [5.41, 5.74) is 5.16. The molecule has 0 amide bonds. The summed E-state index contributed by atoms with van der Waals surface area (Å²) < 4.78 is 36.8. The van der Waals surface area contributed by atoms with Gasteiger partial charge in [0.05, 0.1) is 13.2 Å². The van der Waals surface area contributed by atoms with E-state index in [-0.39, 0.29) is 0 Å². The molecule has 0 aliphatic heterocycles. The van der Waals surface area contributed by atoms with Crippen LogP contribution in [-0.4, -0.2) is 37.0 Å². The minimum absolute atomic E-state index is 0.608. The second kappa shape index (κ2) is 9.47. The van der Waals surface area contributed by atoms with E-state index in [1.165, 1.54) is 0 Å². The third kappa shape index (κ3) is 15.7. The van der Waals surface area contributed by atoms with Crippen molar-refractivity contribution in [2.75, 3.05) is 19.8 Å². The molecule has 0 aromatic carbocycles. The first-order valence-electron chi connectivity index (χ1n) is 4.05. The zero-order valence-electron chi connectivity index (χ0n) is 8.09. The number of carboxylic acid groups (broad SMARTS) is 1. The maximum Gasteiger partial charge on any atom is 0.490 e. The van der Waals surface area contributed by atoms with Crippen LogP contribution in [0, 0.1) is 0 Å². The second-order valence-corrected chi connectivity index (χ2v) is 2.28. The molecule has 0 fully saturated rings. The predicted octanol–water partition coefficient (Wildman–Crippen LogP) is 1.17. The SMILES string of the molecule is C=CCCOCCN.O=C(O)C(F)(F)F. The smallest absolute Gasteiger partial charge is 0.475 e. The number of carboxylic acids is 1. The standard InChI is InChI=1S/C6H13NO.C2HF3O2/c1-2-3-5-8-6-4-7;3-2(4,5)1(6)7/h2H,1,3-7H2;(H,6,7). The molecule has 3 N–H and O–H groups in total. The highest BCUT2D eigenvalue weighted by molar-refractivity contribution is 5.73. The van der Waals surface area contributed by atoms with Gasteiger partial charge in [0.1, 0.15) is 0 Å². The molecule has 0 unspecified atom stereocenters. The van der Waals surface area contributed by atoms with Crippen molar-refractivity contribution in [1.82, 2.24) is 0 Å². The molecule has 0 bridgehead atoms. The molecule has 0 aromatic heterocycles. The normalized spacial score (nSPS) is 10.1. The summed E-state index contributed by atoms with van der Waals surface area (Å²) in [6.07, 6.45) is -2.34. The first-order chi connectivity index (χ1) is 6.86. The first-order valence-corrected chi connectivity index (χ1v) is 4.05. The first kappa shape index (κ1) is 16.4. The highest BCUT2D eigenvalue weighted by Gasteiger charge is 2.38. The Labute approximate surface area is 85.5 Å². The fraction of sp³-hybridized carbons (Fsp3) is 0.625. The summed E-state index contributed by atoms with van der Waals surface area (Å²) in [4.78, 5) is 8.90. The van der Waals surface area contributed by atoms with Gasteiger partial charge < -0.3 is 15.6 Å². The fourth-order valence-electron chi connectivity index (χ4n) is 0.352. The number of alkyl halides is 3. The zero-order valence-corrected chi connectivity index (χ0v) is 8.09. The molecular formula is C8H14F3NO3. The Morgan fingerprint density at radius 1 is 1.47 bits per heavy atom. The largest absolute Gasteiger partial charge is 0.490 e. The van der Waals surface area contributed by atoms with Crippen molar-refractivity contribution in [1.29, 1.82) is 0 Å². The van der Waals surface area contributed by atoms with Gasteiger partial charge in [-0.15, -0.1) is 6.58 Å². The van der Waals surface area contributed by atoms with Crippen LogP contribution in [0.1, 0.15) is 6.42 Å². The van der Waals surface area contributed by atoms with Crippen LogP contribution in [0.5, 0.6) is 0 Å². The van der Waals surface area contributed by atoms with Crippen LogP contribution in [0.15, 0.2) is 12.7 Å². The number of carbonyl (C=O) groups is 1.